The van der Waals surface area contributed by atoms with Gasteiger partial charge in [-0.05, 0) is 24.5 Å². The standard InChI is InChI=1S/C21H31ClO4/c1-4-7-13-21(12-5-2)25-19-18(17(6-3)24-20(19)26-21)23-14-15-10-8-9-11-16(15)22/h8-11,17-20H,4-7,12-14H2,1-3H3/t17-,18+,19-,20-,21?/m1/s1. The minimum Gasteiger partial charge on any atom is -0.368 e. The van der Waals surface area contributed by atoms with E-state index >= 15 is 0 Å². The average molecular weight is 383 g/mol. The van der Waals surface area contributed by atoms with Crippen molar-refractivity contribution < 1.29 is 18.9 Å². The van der Waals surface area contributed by atoms with Gasteiger partial charge in [-0.15, -0.1) is 0 Å². The lowest BCUT2D eigenvalue weighted by molar-refractivity contribution is -0.243. The van der Waals surface area contributed by atoms with Crippen molar-refractivity contribution in [2.24, 2.45) is 0 Å². The summed E-state index contributed by atoms with van der Waals surface area (Å²) in [4.78, 5) is 0. The molecule has 0 amide bonds. The Hall–Kier alpha value is -0.650. The highest BCUT2D eigenvalue weighted by Crippen LogP contribution is 2.44. The molecule has 5 atom stereocenters. The van der Waals surface area contributed by atoms with Gasteiger partial charge < -0.3 is 18.9 Å². The monoisotopic (exact) mass is 382 g/mol. The minimum absolute atomic E-state index is 0.0155. The maximum absolute atomic E-state index is 6.47. The molecule has 1 unspecified atom stereocenters. The van der Waals surface area contributed by atoms with Crippen molar-refractivity contribution in [3.63, 3.8) is 0 Å². The lowest BCUT2D eigenvalue weighted by atomic mass is 10.0. The molecular weight excluding hydrogens is 352 g/mol. The third-order valence-corrected chi connectivity index (χ3v) is 5.65. The molecule has 1 aromatic rings. The molecule has 0 aliphatic carbocycles. The van der Waals surface area contributed by atoms with Gasteiger partial charge in [0.05, 0.1) is 12.7 Å². The number of hydrogen-bond acceptors (Lipinski definition) is 4. The lowest BCUT2D eigenvalue weighted by Crippen LogP contribution is -2.38. The number of fused-ring (bicyclic) bond motifs is 1. The topological polar surface area (TPSA) is 36.9 Å². The molecule has 2 saturated heterocycles. The second-order valence-electron chi connectivity index (χ2n) is 7.28. The molecule has 0 radical (unpaired) electrons. The Kier molecular flexibility index (Phi) is 6.98. The first-order valence-electron chi connectivity index (χ1n) is 9.98. The predicted molar refractivity (Wildman–Crippen MR) is 102 cm³/mol. The summed E-state index contributed by atoms with van der Waals surface area (Å²) >= 11 is 6.27. The van der Waals surface area contributed by atoms with Crippen molar-refractivity contribution in [3.05, 3.63) is 34.9 Å². The van der Waals surface area contributed by atoms with Crippen LogP contribution in [-0.4, -0.2) is 30.4 Å². The molecule has 2 aliphatic rings. The molecule has 4 nitrogen and oxygen atoms in total. The first kappa shape index (κ1) is 20.1. The van der Waals surface area contributed by atoms with Crippen molar-refractivity contribution in [2.75, 3.05) is 0 Å². The summed E-state index contributed by atoms with van der Waals surface area (Å²) in [5.41, 5.74) is 0.984. The van der Waals surface area contributed by atoms with Crippen LogP contribution in [0.5, 0.6) is 0 Å². The molecule has 0 spiro atoms. The van der Waals surface area contributed by atoms with Crippen LogP contribution in [0.3, 0.4) is 0 Å². The number of rotatable bonds is 9. The molecule has 1 aromatic carbocycles. The maximum atomic E-state index is 6.47. The Labute approximate surface area is 162 Å². The third-order valence-electron chi connectivity index (χ3n) is 5.28. The SMILES string of the molecule is CCCCC1(CCC)O[C@H]2O[C@H](CC)[C@H](OCc3ccccc3Cl)[C@H]2O1. The van der Waals surface area contributed by atoms with Crippen molar-refractivity contribution >= 4 is 11.6 Å². The van der Waals surface area contributed by atoms with Crippen LogP contribution in [0.1, 0.15) is 64.9 Å². The van der Waals surface area contributed by atoms with Crippen molar-refractivity contribution in [1.29, 1.82) is 0 Å². The van der Waals surface area contributed by atoms with Gasteiger partial charge >= 0.3 is 0 Å². The molecule has 2 fully saturated rings. The van der Waals surface area contributed by atoms with E-state index in [-0.39, 0.29) is 24.6 Å². The van der Waals surface area contributed by atoms with Gasteiger partial charge in [0.1, 0.15) is 12.2 Å². The van der Waals surface area contributed by atoms with Crippen LogP contribution < -0.4 is 0 Å². The van der Waals surface area contributed by atoms with Gasteiger partial charge in [-0.3, -0.25) is 0 Å². The highest BCUT2D eigenvalue weighted by atomic mass is 35.5. The second-order valence-corrected chi connectivity index (χ2v) is 7.69. The Bertz CT molecular complexity index is 581. The van der Waals surface area contributed by atoms with E-state index in [9.17, 15) is 0 Å². The fraction of sp³-hybridized carbons (Fsp3) is 0.714. The molecule has 2 heterocycles. The van der Waals surface area contributed by atoms with Crippen LogP contribution in [0.15, 0.2) is 24.3 Å². The molecular formula is C21H31ClO4. The van der Waals surface area contributed by atoms with Gasteiger partial charge in [0.15, 0.2) is 12.1 Å². The number of benzene rings is 1. The molecule has 5 heteroatoms. The van der Waals surface area contributed by atoms with Gasteiger partial charge in [-0.25, -0.2) is 0 Å². The Morgan fingerprint density at radius 3 is 2.58 bits per heavy atom. The average Bonchev–Trinajstić information content (AvgIpc) is 3.14. The highest BCUT2D eigenvalue weighted by Gasteiger charge is 2.57. The van der Waals surface area contributed by atoms with E-state index in [2.05, 4.69) is 20.8 Å². The third kappa shape index (κ3) is 4.26. The first-order chi connectivity index (χ1) is 12.6. The molecule has 0 saturated carbocycles. The van der Waals surface area contributed by atoms with Crippen LogP contribution >= 0.6 is 11.6 Å². The van der Waals surface area contributed by atoms with Crippen molar-refractivity contribution in [3.8, 4) is 0 Å². The largest absolute Gasteiger partial charge is 0.368 e. The molecule has 0 bridgehead atoms. The van der Waals surface area contributed by atoms with Crippen LogP contribution in [0.4, 0.5) is 0 Å². The van der Waals surface area contributed by atoms with E-state index in [1.807, 2.05) is 24.3 Å². The summed E-state index contributed by atoms with van der Waals surface area (Å²) in [6.07, 6.45) is 5.22. The van der Waals surface area contributed by atoms with E-state index in [0.29, 0.717) is 6.61 Å². The molecule has 3 rings (SSSR count). The molecule has 26 heavy (non-hydrogen) atoms. The van der Waals surface area contributed by atoms with Crippen LogP contribution in [-0.2, 0) is 25.6 Å². The quantitative estimate of drug-likeness (QED) is 0.568. The summed E-state index contributed by atoms with van der Waals surface area (Å²) in [7, 11) is 0. The predicted octanol–water partition coefficient (Wildman–Crippen LogP) is 5.46. The summed E-state index contributed by atoms with van der Waals surface area (Å²) in [6.45, 7) is 6.91. The Morgan fingerprint density at radius 2 is 1.88 bits per heavy atom. The van der Waals surface area contributed by atoms with Crippen LogP contribution in [0.25, 0.3) is 0 Å². The smallest absolute Gasteiger partial charge is 0.190 e. The second kappa shape index (κ2) is 9.03. The minimum atomic E-state index is -0.523. The van der Waals surface area contributed by atoms with E-state index in [1.165, 1.54) is 0 Å². The zero-order chi connectivity index (χ0) is 18.6. The summed E-state index contributed by atoms with van der Waals surface area (Å²) in [5, 5.41) is 0.725. The van der Waals surface area contributed by atoms with E-state index in [0.717, 1.165) is 49.1 Å². The zero-order valence-corrected chi connectivity index (χ0v) is 16.8. The summed E-state index contributed by atoms with van der Waals surface area (Å²) in [6, 6.07) is 7.78. The van der Waals surface area contributed by atoms with Crippen molar-refractivity contribution in [1.82, 2.24) is 0 Å². The van der Waals surface area contributed by atoms with Gasteiger partial charge in [-0.1, -0.05) is 63.4 Å². The van der Waals surface area contributed by atoms with Gasteiger partial charge in [0, 0.05) is 17.9 Å². The fourth-order valence-electron chi connectivity index (χ4n) is 3.92. The van der Waals surface area contributed by atoms with E-state index < -0.39 is 5.79 Å². The fourth-order valence-corrected chi connectivity index (χ4v) is 4.11. The van der Waals surface area contributed by atoms with Gasteiger partial charge in [0.25, 0.3) is 0 Å². The first-order valence-corrected chi connectivity index (χ1v) is 10.4. The summed E-state index contributed by atoms with van der Waals surface area (Å²) < 4.78 is 25.2. The number of halogens is 1. The number of hydrogen-bond donors (Lipinski definition) is 0. The number of ether oxygens (including phenoxy) is 4. The zero-order valence-electron chi connectivity index (χ0n) is 16.1. The maximum Gasteiger partial charge on any atom is 0.190 e. The van der Waals surface area contributed by atoms with Crippen LogP contribution in [0.2, 0.25) is 5.02 Å². The van der Waals surface area contributed by atoms with Gasteiger partial charge in [-0.2, -0.15) is 0 Å². The van der Waals surface area contributed by atoms with E-state index in [1.54, 1.807) is 0 Å². The summed E-state index contributed by atoms with van der Waals surface area (Å²) in [5.74, 6) is -0.523. The molecule has 146 valence electrons. The molecule has 0 N–H and O–H groups in total. The lowest BCUT2D eigenvalue weighted by Gasteiger charge is -2.31. The highest BCUT2D eigenvalue weighted by molar-refractivity contribution is 6.31. The Morgan fingerprint density at radius 1 is 1.08 bits per heavy atom. The molecule has 0 aromatic heterocycles. The number of unbranched alkanes of at least 4 members (excludes halogenated alkanes) is 1. The Balaban J connectivity index is 1.69. The van der Waals surface area contributed by atoms with Crippen molar-refractivity contribution in [2.45, 2.75) is 96.3 Å². The normalized spacial score (nSPS) is 33.5. The van der Waals surface area contributed by atoms with E-state index in [4.69, 9.17) is 30.5 Å². The van der Waals surface area contributed by atoms with Gasteiger partial charge in [0.2, 0.25) is 0 Å². The van der Waals surface area contributed by atoms with Crippen LogP contribution in [0, 0.1) is 0 Å². The molecule has 2 aliphatic heterocycles.